The van der Waals surface area contributed by atoms with Crippen LogP contribution in [0.1, 0.15) is 0 Å². The van der Waals surface area contributed by atoms with Gasteiger partial charge in [-0.3, -0.25) is 4.57 Å². The fourth-order valence-corrected chi connectivity index (χ4v) is 10.0. The normalized spacial score (nSPS) is 11.5. The molecule has 3 heterocycles. The fraction of sp³-hybridized carbons (Fsp3) is 0. The lowest BCUT2D eigenvalue weighted by Crippen LogP contribution is -2.07. The Morgan fingerprint density at radius 3 is 1.26 bits per heavy atom. The van der Waals surface area contributed by atoms with E-state index in [1.165, 1.54) is 16.5 Å². The van der Waals surface area contributed by atoms with Crippen molar-refractivity contribution in [3.8, 4) is 78.9 Å². The van der Waals surface area contributed by atoms with Gasteiger partial charge >= 0.3 is 0 Å². The minimum Gasteiger partial charge on any atom is -0.307 e. The van der Waals surface area contributed by atoms with Gasteiger partial charge in [0.05, 0.1) is 27.8 Å². The highest BCUT2D eigenvalue weighted by Gasteiger charge is 2.24. The molecule has 0 saturated carbocycles. The number of aromatic nitrogens is 5. The molecule has 13 rings (SSSR count). The van der Waals surface area contributed by atoms with Gasteiger partial charge in [0.1, 0.15) is 0 Å². The second-order valence-corrected chi connectivity index (χ2v) is 17.2. The van der Waals surface area contributed by atoms with Crippen molar-refractivity contribution in [2.75, 3.05) is 0 Å². The molecule has 0 radical (unpaired) electrons. The number of hydrogen-bond donors (Lipinski definition) is 0. The van der Waals surface area contributed by atoms with Crippen LogP contribution < -0.4 is 0 Å². The summed E-state index contributed by atoms with van der Waals surface area (Å²) in [6, 6.07) is 88.1. The van der Waals surface area contributed by atoms with Crippen molar-refractivity contribution in [1.29, 1.82) is 0 Å². The molecule has 0 saturated heterocycles. The largest absolute Gasteiger partial charge is 0.307 e. The van der Waals surface area contributed by atoms with Crippen LogP contribution in [-0.4, -0.2) is 24.1 Å². The predicted octanol–water partition coefficient (Wildman–Crippen LogP) is 16.1. The Bertz CT molecular complexity index is 4000. The quantitative estimate of drug-likeness (QED) is 0.153. The molecule has 5 nitrogen and oxygen atoms in total. The lowest BCUT2D eigenvalue weighted by molar-refractivity contribution is 0.953. The van der Waals surface area contributed by atoms with Gasteiger partial charge in [0.25, 0.3) is 0 Å². The Balaban J connectivity index is 1.07. The van der Waals surface area contributed by atoms with Crippen LogP contribution in [0.5, 0.6) is 0 Å². The molecule has 13 aromatic rings. The SMILES string of the molecule is c1ccc(-c2cccc(-c3ccc(-c4nc(-c5cccc(-c6ccccc6)c5)nc(-n5c6ccccc6c6ccc7c8ccccc8n(-c8ccccc8-c8ccccc8)c7c65)n4)cc3)c2)cc1. The molecular weight excluding hydrogens is 827 g/mol. The van der Waals surface area contributed by atoms with E-state index in [4.69, 9.17) is 15.0 Å². The zero-order chi connectivity index (χ0) is 45.0. The van der Waals surface area contributed by atoms with Crippen LogP contribution in [0, 0.1) is 0 Å². The summed E-state index contributed by atoms with van der Waals surface area (Å²) in [6.45, 7) is 0. The molecule has 0 unspecified atom stereocenters. The van der Waals surface area contributed by atoms with E-state index in [1.54, 1.807) is 0 Å². The number of para-hydroxylation sites is 3. The third-order valence-electron chi connectivity index (χ3n) is 13.2. The summed E-state index contributed by atoms with van der Waals surface area (Å²) < 4.78 is 4.72. The highest BCUT2D eigenvalue weighted by Crippen LogP contribution is 2.43. The molecule has 3 aromatic heterocycles. The van der Waals surface area contributed by atoms with Gasteiger partial charge in [0, 0.05) is 38.2 Å². The van der Waals surface area contributed by atoms with Gasteiger partial charge in [-0.15, -0.1) is 0 Å². The van der Waals surface area contributed by atoms with Crippen LogP contribution in [0.3, 0.4) is 0 Å². The maximum absolute atomic E-state index is 5.47. The second kappa shape index (κ2) is 16.4. The van der Waals surface area contributed by atoms with Gasteiger partial charge in [-0.25, -0.2) is 4.98 Å². The molecule has 0 aliphatic heterocycles. The number of nitrogens with zero attached hydrogens (tertiary/aromatic N) is 5. The molecule has 0 bridgehead atoms. The molecule has 68 heavy (non-hydrogen) atoms. The molecule has 0 atom stereocenters. The van der Waals surface area contributed by atoms with Crippen molar-refractivity contribution >= 4 is 43.6 Å². The standard InChI is InChI=1S/C63H41N5/c1-4-18-42(19-5-1)47-24-16-25-48(40-47)44-34-36-46(37-35-44)61-64-62(50-27-17-26-49(41-50)43-20-6-2-7-21-43)66-63(65-61)68-58-33-15-12-30-53(58)55-39-38-54-52-29-11-14-32-57(52)67(59(54)60(55)68)56-31-13-10-28-51(56)45-22-8-3-9-23-45/h1-41H. The summed E-state index contributed by atoms with van der Waals surface area (Å²) in [7, 11) is 0. The first kappa shape index (κ1) is 39.2. The Hall–Kier alpha value is -9.19. The minimum absolute atomic E-state index is 0.543. The average molecular weight is 868 g/mol. The average Bonchev–Trinajstić information content (AvgIpc) is 3.95. The second-order valence-electron chi connectivity index (χ2n) is 17.2. The minimum atomic E-state index is 0.543. The van der Waals surface area contributed by atoms with E-state index >= 15 is 0 Å². The highest BCUT2D eigenvalue weighted by atomic mass is 15.2. The monoisotopic (exact) mass is 867 g/mol. The van der Waals surface area contributed by atoms with Gasteiger partial charge in [0.15, 0.2) is 11.6 Å². The van der Waals surface area contributed by atoms with E-state index in [0.717, 1.165) is 88.4 Å². The van der Waals surface area contributed by atoms with Crippen molar-refractivity contribution < 1.29 is 0 Å². The van der Waals surface area contributed by atoms with E-state index in [1.807, 2.05) is 6.07 Å². The third-order valence-corrected chi connectivity index (χ3v) is 13.2. The van der Waals surface area contributed by atoms with E-state index in [9.17, 15) is 0 Å². The molecule has 0 N–H and O–H groups in total. The molecule has 0 amide bonds. The Morgan fingerprint density at radius 2 is 0.662 bits per heavy atom. The highest BCUT2D eigenvalue weighted by molar-refractivity contribution is 6.24. The molecule has 0 fully saturated rings. The summed E-state index contributed by atoms with van der Waals surface area (Å²) in [5.74, 6) is 1.73. The first-order chi connectivity index (χ1) is 33.7. The smallest absolute Gasteiger partial charge is 0.238 e. The number of fused-ring (bicyclic) bond motifs is 7. The Labute approximate surface area is 393 Å². The topological polar surface area (TPSA) is 48.5 Å². The van der Waals surface area contributed by atoms with Crippen LogP contribution in [-0.2, 0) is 0 Å². The zero-order valence-corrected chi connectivity index (χ0v) is 36.9. The van der Waals surface area contributed by atoms with Crippen molar-refractivity contribution in [3.05, 3.63) is 249 Å². The van der Waals surface area contributed by atoms with Crippen LogP contribution in [0.2, 0.25) is 0 Å². The summed E-state index contributed by atoms with van der Waals surface area (Å²) >= 11 is 0. The Morgan fingerprint density at radius 1 is 0.250 bits per heavy atom. The van der Waals surface area contributed by atoms with Gasteiger partial charge in [-0.1, -0.05) is 218 Å². The molecule has 0 spiro atoms. The summed E-state index contributed by atoms with van der Waals surface area (Å²) in [6.07, 6.45) is 0. The van der Waals surface area contributed by atoms with Crippen LogP contribution in [0.15, 0.2) is 249 Å². The van der Waals surface area contributed by atoms with E-state index in [2.05, 4.69) is 252 Å². The zero-order valence-electron chi connectivity index (χ0n) is 36.9. The number of rotatable bonds is 8. The number of hydrogen-bond acceptors (Lipinski definition) is 3. The van der Waals surface area contributed by atoms with Crippen LogP contribution in [0.25, 0.3) is 123 Å². The van der Waals surface area contributed by atoms with Crippen molar-refractivity contribution in [3.63, 3.8) is 0 Å². The first-order valence-electron chi connectivity index (χ1n) is 23.0. The van der Waals surface area contributed by atoms with Crippen molar-refractivity contribution in [2.45, 2.75) is 0 Å². The third kappa shape index (κ3) is 6.68. The van der Waals surface area contributed by atoms with Crippen LogP contribution >= 0.6 is 0 Å². The maximum Gasteiger partial charge on any atom is 0.238 e. The van der Waals surface area contributed by atoms with E-state index < -0.39 is 0 Å². The number of benzene rings is 10. The van der Waals surface area contributed by atoms with Gasteiger partial charge in [0.2, 0.25) is 5.95 Å². The van der Waals surface area contributed by atoms with Gasteiger partial charge in [-0.2, -0.15) is 9.97 Å². The van der Waals surface area contributed by atoms with E-state index in [0.29, 0.717) is 17.6 Å². The van der Waals surface area contributed by atoms with Gasteiger partial charge < -0.3 is 4.57 Å². The summed E-state index contributed by atoms with van der Waals surface area (Å²) in [5.41, 5.74) is 16.3. The molecule has 10 aromatic carbocycles. The summed E-state index contributed by atoms with van der Waals surface area (Å²) in [5, 5.41) is 4.56. The molecule has 318 valence electrons. The van der Waals surface area contributed by atoms with Gasteiger partial charge in [-0.05, 0) is 69.3 Å². The summed E-state index contributed by atoms with van der Waals surface area (Å²) in [4.78, 5) is 16.2. The maximum atomic E-state index is 5.47. The first-order valence-corrected chi connectivity index (χ1v) is 23.0. The van der Waals surface area contributed by atoms with Crippen LogP contribution in [0.4, 0.5) is 0 Å². The predicted molar refractivity (Wildman–Crippen MR) is 281 cm³/mol. The lowest BCUT2D eigenvalue weighted by atomic mass is 9.98. The Kier molecular flexibility index (Phi) is 9.43. The molecule has 5 heteroatoms. The molecule has 0 aliphatic rings. The van der Waals surface area contributed by atoms with Crippen molar-refractivity contribution in [1.82, 2.24) is 24.1 Å². The van der Waals surface area contributed by atoms with E-state index in [-0.39, 0.29) is 0 Å². The van der Waals surface area contributed by atoms with Crippen molar-refractivity contribution in [2.24, 2.45) is 0 Å². The fourth-order valence-electron chi connectivity index (χ4n) is 10.0. The lowest BCUT2D eigenvalue weighted by Gasteiger charge is -2.16. The molecule has 0 aliphatic carbocycles. The molecular formula is C63H41N5.